The van der Waals surface area contributed by atoms with Crippen LogP contribution in [0, 0.1) is 23.4 Å². The lowest BCUT2D eigenvalue weighted by molar-refractivity contribution is -0.117. The number of nitrogen functional groups attached to an aromatic ring is 1. The van der Waals surface area contributed by atoms with Gasteiger partial charge in [-0.1, -0.05) is 23.7 Å². The normalized spacial score (nSPS) is 18.3. The standard InChI is InChI=1S/C23H15Cl3F3N3O2/c24-14-6-5-12(9-13(14)21(33)32-16-8-7-15(28)20(30)19(16)29)31-22(34)18-17(23(18,25)26)10-1-3-11(27)4-2-10/h1-9,17-18H,30H2,(H,31,34)(H,32,33). The summed E-state index contributed by atoms with van der Waals surface area (Å²) in [6.07, 6.45) is 0. The highest BCUT2D eigenvalue weighted by atomic mass is 35.5. The van der Waals surface area contributed by atoms with Crippen molar-refractivity contribution in [3.8, 4) is 0 Å². The van der Waals surface area contributed by atoms with E-state index in [1.54, 1.807) is 0 Å². The molecule has 1 aliphatic rings. The predicted octanol–water partition coefficient (Wildman–Crippen LogP) is 6.12. The second kappa shape index (κ2) is 9.02. The van der Waals surface area contributed by atoms with Crippen molar-refractivity contribution in [3.63, 3.8) is 0 Å². The number of hydrogen-bond donors (Lipinski definition) is 3. The van der Waals surface area contributed by atoms with Crippen LogP contribution in [0.1, 0.15) is 21.8 Å². The van der Waals surface area contributed by atoms with Crippen molar-refractivity contribution >= 4 is 63.7 Å². The molecule has 1 fully saturated rings. The van der Waals surface area contributed by atoms with E-state index in [-0.39, 0.29) is 22.0 Å². The first-order chi connectivity index (χ1) is 16.0. The van der Waals surface area contributed by atoms with Gasteiger partial charge in [0.2, 0.25) is 5.91 Å². The molecule has 0 radical (unpaired) electrons. The Labute approximate surface area is 207 Å². The largest absolute Gasteiger partial charge is 0.394 e. The van der Waals surface area contributed by atoms with Crippen LogP contribution in [0.15, 0.2) is 54.6 Å². The second-order valence-electron chi connectivity index (χ2n) is 7.64. The molecule has 3 aromatic rings. The van der Waals surface area contributed by atoms with Gasteiger partial charge in [-0.05, 0) is 48.0 Å². The Hall–Kier alpha value is -2.94. The Morgan fingerprint density at radius 1 is 0.941 bits per heavy atom. The van der Waals surface area contributed by atoms with Gasteiger partial charge in [-0.25, -0.2) is 13.2 Å². The van der Waals surface area contributed by atoms with Crippen molar-refractivity contribution in [1.29, 1.82) is 0 Å². The molecule has 34 heavy (non-hydrogen) atoms. The zero-order chi connectivity index (χ0) is 24.8. The SMILES string of the molecule is Nc1c(F)ccc(NC(=O)c2cc(NC(=O)C3C(c4ccc(F)cc4)C3(Cl)Cl)ccc2Cl)c1F. The number of amides is 2. The van der Waals surface area contributed by atoms with Gasteiger partial charge in [-0.15, -0.1) is 23.2 Å². The summed E-state index contributed by atoms with van der Waals surface area (Å²) in [6, 6.07) is 11.5. The fourth-order valence-electron chi connectivity index (χ4n) is 3.59. The van der Waals surface area contributed by atoms with Crippen molar-refractivity contribution in [3.05, 3.63) is 88.2 Å². The van der Waals surface area contributed by atoms with Gasteiger partial charge in [-0.2, -0.15) is 0 Å². The summed E-state index contributed by atoms with van der Waals surface area (Å²) in [5, 5.41) is 4.91. The molecule has 3 aromatic carbocycles. The number of rotatable bonds is 5. The van der Waals surface area contributed by atoms with Crippen molar-refractivity contribution in [1.82, 2.24) is 0 Å². The molecular weight excluding hydrogens is 514 g/mol. The van der Waals surface area contributed by atoms with E-state index in [2.05, 4.69) is 10.6 Å². The van der Waals surface area contributed by atoms with Crippen LogP contribution in [0.2, 0.25) is 5.02 Å². The maximum Gasteiger partial charge on any atom is 0.257 e. The molecule has 4 rings (SSSR count). The zero-order valence-electron chi connectivity index (χ0n) is 17.0. The van der Waals surface area contributed by atoms with E-state index in [0.717, 1.165) is 12.1 Å². The molecule has 2 amide bonds. The lowest BCUT2D eigenvalue weighted by atomic mass is 10.1. The van der Waals surface area contributed by atoms with Gasteiger partial charge in [0.25, 0.3) is 5.91 Å². The Balaban J connectivity index is 1.51. The Morgan fingerprint density at radius 3 is 2.29 bits per heavy atom. The third kappa shape index (κ3) is 4.53. The van der Waals surface area contributed by atoms with Gasteiger partial charge < -0.3 is 16.4 Å². The number of alkyl halides is 2. The molecule has 11 heteroatoms. The highest BCUT2D eigenvalue weighted by Gasteiger charge is 2.67. The molecule has 4 N–H and O–H groups in total. The smallest absolute Gasteiger partial charge is 0.257 e. The van der Waals surface area contributed by atoms with E-state index in [1.165, 1.54) is 42.5 Å². The maximum atomic E-state index is 14.1. The molecule has 2 atom stereocenters. The average molecular weight is 529 g/mol. The van der Waals surface area contributed by atoms with E-state index >= 15 is 0 Å². The molecular formula is C23H15Cl3F3N3O2. The third-order valence-corrected chi connectivity index (χ3v) is 6.69. The van der Waals surface area contributed by atoms with E-state index < -0.39 is 51.1 Å². The number of halogens is 6. The zero-order valence-corrected chi connectivity index (χ0v) is 19.3. The molecule has 1 aliphatic carbocycles. The molecule has 0 spiro atoms. The lowest BCUT2D eigenvalue weighted by Gasteiger charge is -2.11. The lowest BCUT2D eigenvalue weighted by Crippen LogP contribution is -2.18. The first-order valence-electron chi connectivity index (χ1n) is 9.79. The van der Waals surface area contributed by atoms with Crippen LogP contribution >= 0.6 is 34.8 Å². The van der Waals surface area contributed by atoms with E-state index in [4.69, 9.17) is 40.5 Å². The summed E-state index contributed by atoms with van der Waals surface area (Å²) in [6.45, 7) is 0. The quantitative estimate of drug-likeness (QED) is 0.276. The number of nitrogens with one attached hydrogen (secondary N) is 2. The monoisotopic (exact) mass is 527 g/mol. The van der Waals surface area contributed by atoms with Gasteiger partial charge in [-0.3, -0.25) is 9.59 Å². The van der Waals surface area contributed by atoms with Crippen LogP contribution in [-0.4, -0.2) is 16.1 Å². The van der Waals surface area contributed by atoms with Gasteiger partial charge >= 0.3 is 0 Å². The van der Waals surface area contributed by atoms with Gasteiger partial charge in [0.05, 0.1) is 22.2 Å². The number of benzene rings is 3. The van der Waals surface area contributed by atoms with E-state index in [0.29, 0.717) is 5.56 Å². The van der Waals surface area contributed by atoms with Crippen LogP contribution in [0.4, 0.5) is 30.2 Å². The highest BCUT2D eigenvalue weighted by Crippen LogP contribution is 2.65. The fraction of sp³-hybridized carbons (Fsp3) is 0.130. The van der Waals surface area contributed by atoms with Crippen molar-refractivity contribution in [2.45, 2.75) is 10.3 Å². The minimum atomic E-state index is -1.39. The van der Waals surface area contributed by atoms with Gasteiger partial charge in [0.1, 0.15) is 21.7 Å². The van der Waals surface area contributed by atoms with Crippen LogP contribution < -0.4 is 16.4 Å². The maximum absolute atomic E-state index is 14.1. The minimum absolute atomic E-state index is 0.0191. The first kappa shape index (κ1) is 24.2. The molecule has 5 nitrogen and oxygen atoms in total. The molecule has 0 aliphatic heterocycles. The molecule has 2 unspecified atom stereocenters. The second-order valence-corrected chi connectivity index (χ2v) is 9.49. The van der Waals surface area contributed by atoms with Crippen LogP contribution in [0.3, 0.4) is 0 Å². The van der Waals surface area contributed by atoms with Crippen LogP contribution in [-0.2, 0) is 4.79 Å². The highest BCUT2D eigenvalue weighted by molar-refractivity contribution is 6.53. The van der Waals surface area contributed by atoms with Gasteiger partial charge in [0.15, 0.2) is 5.82 Å². The Morgan fingerprint density at radius 2 is 1.62 bits per heavy atom. The molecule has 0 bridgehead atoms. The number of hydrogen-bond acceptors (Lipinski definition) is 3. The number of carbonyl (C=O) groups excluding carboxylic acids is 2. The Bertz CT molecular complexity index is 1300. The minimum Gasteiger partial charge on any atom is -0.394 e. The molecule has 176 valence electrons. The van der Waals surface area contributed by atoms with Gasteiger partial charge in [0, 0.05) is 11.6 Å². The van der Waals surface area contributed by atoms with E-state index in [9.17, 15) is 22.8 Å². The summed E-state index contributed by atoms with van der Waals surface area (Å²) in [4.78, 5) is 25.5. The summed E-state index contributed by atoms with van der Waals surface area (Å²) in [7, 11) is 0. The van der Waals surface area contributed by atoms with Crippen LogP contribution in [0.25, 0.3) is 0 Å². The summed E-state index contributed by atoms with van der Waals surface area (Å²) >= 11 is 18.7. The van der Waals surface area contributed by atoms with E-state index in [1.807, 2.05) is 0 Å². The Kier molecular flexibility index (Phi) is 6.42. The number of anilines is 3. The third-order valence-electron chi connectivity index (χ3n) is 5.42. The molecule has 0 saturated heterocycles. The molecule has 0 heterocycles. The summed E-state index contributed by atoms with van der Waals surface area (Å²) < 4.78 is 39.3. The molecule has 1 saturated carbocycles. The van der Waals surface area contributed by atoms with Crippen molar-refractivity contribution in [2.24, 2.45) is 5.92 Å². The molecule has 0 aromatic heterocycles. The fourth-order valence-corrected chi connectivity index (χ4v) is 4.62. The topological polar surface area (TPSA) is 84.2 Å². The first-order valence-corrected chi connectivity index (χ1v) is 10.9. The van der Waals surface area contributed by atoms with Crippen molar-refractivity contribution < 1.29 is 22.8 Å². The summed E-state index contributed by atoms with van der Waals surface area (Å²) in [5.74, 6) is -5.25. The van der Waals surface area contributed by atoms with Crippen molar-refractivity contribution in [2.75, 3.05) is 16.4 Å². The van der Waals surface area contributed by atoms with Crippen LogP contribution in [0.5, 0.6) is 0 Å². The predicted molar refractivity (Wildman–Crippen MR) is 126 cm³/mol. The number of nitrogens with two attached hydrogens (primary N) is 1. The number of carbonyl (C=O) groups is 2. The summed E-state index contributed by atoms with van der Waals surface area (Å²) in [5.41, 5.74) is 4.94. The average Bonchev–Trinajstić information content (AvgIpc) is 3.37.